The molecule has 0 unspecified atom stereocenters. The first-order valence-electron chi connectivity index (χ1n) is 7.28. The van der Waals surface area contributed by atoms with Crippen LogP contribution in [0.15, 0.2) is 52.1 Å². The molecule has 0 radical (unpaired) electrons. The van der Waals surface area contributed by atoms with E-state index in [0.29, 0.717) is 20.5 Å². The van der Waals surface area contributed by atoms with Gasteiger partial charge in [0, 0.05) is 15.1 Å². The maximum absolute atomic E-state index is 13.8. The number of anilines is 1. The number of rotatable bonds is 5. The first kappa shape index (κ1) is 18.7. The SMILES string of the molecule is Nn1c(SCC(=O)Nc2ccc(Br)cc2F)nnc1-c1ccc(Cl)cc1. The lowest BCUT2D eigenvalue weighted by Crippen LogP contribution is -2.17. The molecule has 0 saturated heterocycles. The van der Waals surface area contributed by atoms with Crippen molar-refractivity contribution in [2.45, 2.75) is 5.16 Å². The van der Waals surface area contributed by atoms with E-state index in [4.69, 9.17) is 17.4 Å². The van der Waals surface area contributed by atoms with Crippen LogP contribution < -0.4 is 11.2 Å². The van der Waals surface area contributed by atoms with E-state index in [1.807, 2.05) is 0 Å². The molecule has 0 spiro atoms. The molecule has 134 valence electrons. The molecule has 1 aromatic heterocycles. The third-order valence-corrected chi connectivity index (χ3v) is 4.99. The fourth-order valence-electron chi connectivity index (χ4n) is 2.08. The average molecular weight is 457 g/mol. The number of amides is 1. The zero-order chi connectivity index (χ0) is 18.7. The van der Waals surface area contributed by atoms with Gasteiger partial charge in [-0.25, -0.2) is 9.07 Å². The minimum Gasteiger partial charge on any atom is -0.335 e. The highest BCUT2D eigenvalue weighted by Crippen LogP contribution is 2.24. The van der Waals surface area contributed by atoms with Crippen LogP contribution in [0.3, 0.4) is 0 Å². The highest BCUT2D eigenvalue weighted by molar-refractivity contribution is 9.10. The number of halogens is 3. The molecular formula is C16H12BrClFN5OS. The van der Waals surface area contributed by atoms with Crippen LogP contribution in [0.1, 0.15) is 0 Å². The van der Waals surface area contributed by atoms with Gasteiger partial charge in [-0.15, -0.1) is 10.2 Å². The Morgan fingerprint density at radius 2 is 2.00 bits per heavy atom. The zero-order valence-corrected chi connectivity index (χ0v) is 16.3. The fourth-order valence-corrected chi connectivity index (χ4v) is 3.19. The molecule has 3 rings (SSSR count). The van der Waals surface area contributed by atoms with E-state index in [0.717, 1.165) is 17.3 Å². The molecule has 1 heterocycles. The molecule has 2 aromatic carbocycles. The number of carbonyl (C=O) groups is 1. The van der Waals surface area contributed by atoms with Crippen molar-refractivity contribution in [1.29, 1.82) is 0 Å². The summed E-state index contributed by atoms with van der Waals surface area (Å²) in [5, 5.41) is 11.5. The van der Waals surface area contributed by atoms with Gasteiger partial charge >= 0.3 is 0 Å². The van der Waals surface area contributed by atoms with Gasteiger partial charge in [-0.1, -0.05) is 39.3 Å². The number of nitrogens with two attached hydrogens (primary N) is 1. The summed E-state index contributed by atoms with van der Waals surface area (Å²) in [6, 6.07) is 11.4. The van der Waals surface area contributed by atoms with Crippen LogP contribution in [0.5, 0.6) is 0 Å². The van der Waals surface area contributed by atoms with Crippen molar-refractivity contribution in [3.8, 4) is 11.4 Å². The molecule has 0 fully saturated rings. The lowest BCUT2D eigenvalue weighted by molar-refractivity contribution is -0.113. The Morgan fingerprint density at radius 1 is 1.27 bits per heavy atom. The van der Waals surface area contributed by atoms with Gasteiger partial charge in [-0.3, -0.25) is 4.79 Å². The van der Waals surface area contributed by atoms with Gasteiger partial charge in [0.1, 0.15) is 5.82 Å². The van der Waals surface area contributed by atoms with Gasteiger partial charge in [-0.2, -0.15) is 0 Å². The van der Waals surface area contributed by atoms with Crippen LogP contribution in [-0.2, 0) is 4.79 Å². The molecule has 0 aliphatic rings. The quantitative estimate of drug-likeness (QED) is 0.448. The maximum atomic E-state index is 13.8. The van der Waals surface area contributed by atoms with Crippen LogP contribution >= 0.6 is 39.3 Å². The summed E-state index contributed by atoms with van der Waals surface area (Å²) in [4.78, 5) is 12.0. The number of hydrogen-bond acceptors (Lipinski definition) is 5. The number of aromatic nitrogens is 3. The van der Waals surface area contributed by atoms with Gasteiger partial charge in [-0.05, 0) is 42.5 Å². The van der Waals surface area contributed by atoms with Crippen molar-refractivity contribution in [3.05, 3.63) is 57.8 Å². The molecule has 0 aliphatic heterocycles. The highest BCUT2D eigenvalue weighted by atomic mass is 79.9. The first-order chi connectivity index (χ1) is 12.4. The van der Waals surface area contributed by atoms with Crippen LogP contribution in [0, 0.1) is 5.82 Å². The van der Waals surface area contributed by atoms with Crippen molar-refractivity contribution in [3.63, 3.8) is 0 Å². The normalized spacial score (nSPS) is 10.7. The number of benzene rings is 2. The summed E-state index contributed by atoms with van der Waals surface area (Å²) in [6.07, 6.45) is 0. The second-order valence-electron chi connectivity index (χ2n) is 5.14. The van der Waals surface area contributed by atoms with E-state index >= 15 is 0 Å². The third-order valence-electron chi connectivity index (χ3n) is 3.30. The fraction of sp³-hybridized carbons (Fsp3) is 0.0625. The molecule has 3 N–H and O–H groups in total. The standard InChI is InChI=1S/C16H12BrClFN5OS/c17-10-3-6-13(12(19)7-10)21-14(25)8-26-16-23-22-15(24(16)20)9-1-4-11(18)5-2-9/h1-7H,8,20H2,(H,21,25). The van der Waals surface area contributed by atoms with Gasteiger partial charge in [0.25, 0.3) is 0 Å². The Kier molecular flexibility index (Phi) is 5.80. The minimum atomic E-state index is -0.523. The van der Waals surface area contributed by atoms with E-state index < -0.39 is 5.82 Å². The van der Waals surface area contributed by atoms with Crippen LogP contribution in [0.2, 0.25) is 5.02 Å². The van der Waals surface area contributed by atoms with Crippen LogP contribution in [0.25, 0.3) is 11.4 Å². The number of hydrogen-bond donors (Lipinski definition) is 2. The summed E-state index contributed by atoms with van der Waals surface area (Å²) >= 11 is 10.1. The molecule has 0 atom stereocenters. The molecule has 0 saturated carbocycles. The zero-order valence-electron chi connectivity index (χ0n) is 13.1. The molecule has 26 heavy (non-hydrogen) atoms. The molecule has 6 nitrogen and oxygen atoms in total. The predicted molar refractivity (Wildman–Crippen MR) is 104 cm³/mol. The van der Waals surface area contributed by atoms with E-state index in [2.05, 4.69) is 31.4 Å². The number of nitrogens with zero attached hydrogens (tertiary/aromatic N) is 3. The molecule has 0 bridgehead atoms. The summed E-state index contributed by atoms with van der Waals surface area (Å²) in [5.74, 6) is 5.54. The van der Waals surface area contributed by atoms with E-state index in [1.54, 1.807) is 30.3 Å². The van der Waals surface area contributed by atoms with Crippen molar-refractivity contribution in [2.24, 2.45) is 0 Å². The predicted octanol–water partition coefficient (Wildman–Crippen LogP) is 3.94. The Labute approximate surface area is 166 Å². The van der Waals surface area contributed by atoms with Gasteiger partial charge in [0.05, 0.1) is 11.4 Å². The Hall–Kier alpha value is -2.10. The van der Waals surface area contributed by atoms with Gasteiger partial charge in [0.15, 0.2) is 5.82 Å². The van der Waals surface area contributed by atoms with E-state index in [1.165, 1.54) is 16.8 Å². The maximum Gasteiger partial charge on any atom is 0.234 e. The Bertz CT molecular complexity index is 950. The van der Waals surface area contributed by atoms with Crippen molar-refractivity contribution in [2.75, 3.05) is 16.9 Å². The van der Waals surface area contributed by atoms with E-state index in [-0.39, 0.29) is 17.3 Å². The second kappa shape index (κ2) is 8.07. The lowest BCUT2D eigenvalue weighted by atomic mass is 10.2. The van der Waals surface area contributed by atoms with Crippen LogP contribution in [-0.4, -0.2) is 26.5 Å². The summed E-state index contributed by atoms with van der Waals surface area (Å²) in [6.45, 7) is 0. The molecule has 10 heteroatoms. The summed E-state index contributed by atoms with van der Waals surface area (Å²) < 4.78 is 15.6. The number of carbonyl (C=O) groups excluding carboxylic acids is 1. The highest BCUT2D eigenvalue weighted by Gasteiger charge is 2.14. The molecule has 0 aliphatic carbocycles. The lowest BCUT2D eigenvalue weighted by Gasteiger charge is -2.07. The Balaban J connectivity index is 1.64. The number of nitrogen functional groups attached to an aromatic ring is 1. The second-order valence-corrected chi connectivity index (χ2v) is 7.44. The summed E-state index contributed by atoms with van der Waals surface area (Å²) in [5.41, 5.74) is 0.854. The van der Waals surface area contributed by atoms with Crippen molar-refractivity contribution in [1.82, 2.24) is 14.9 Å². The minimum absolute atomic E-state index is 0.00541. The van der Waals surface area contributed by atoms with Crippen molar-refractivity contribution < 1.29 is 9.18 Å². The van der Waals surface area contributed by atoms with Crippen molar-refractivity contribution >= 4 is 50.9 Å². The number of nitrogens with one attached hydrogen (secondary N) is 1. The average Bonchev–Trinajstić information content (AvgIpc) is 2.97. The number of thioether (sulfide) groups is 1. The summed E-state index contributed by atoms with van der Waals surface area (Å²) in [7, 11) is 0. The first-order valence-corrected chi connectivity index (χ1v) is 9.44. The topological polar surface area (TPSA) is 85.8 Å². The largest absolute Gasteiger partial charge is 0.335 e. The van der Waals surface area contributed by atoms with Gasteiger partial charge in [0.2, 0.25) is 11.1 Å². The van der Waals surface area contributed by atoms with Crippen LogP contribution in [0.4, 0.5) is 10.1 Å². The van der Waals surface area contributed by atoms with E-state index in [9.17, 15) is 9.18 Å². The monoisotopic (exact) mass is 455 g/mol. The molecular weight excluding hydrogens is 445 g/mol. The molecule has 3 aromatic rings. The van der Waals surface area contributed by atoms with Gasteiger partial charge < -0.3 is 11.2 Å². The Morgan fingerprint density at radius 3 is 2.69 bits per heavy atom. The smallest absolute Gasteiger partial charge is 0.234 e. The third kappa shape index (κ3) is 4.35. The molecule has 1 amide bonds.